The Morgan fingerprint density at radius 1 is 1.09 bits per heavy atom. The molecule has 0 unspecified atom stereocenters. The molecule has 0 bridgehead atoms. The molecule has 110 valence electrons. The minimum atomic E-state index is -0.589. The third-order valence-corrected chi connectivity index (χ3v) is 3.21. The van der Waals surface area contributed by atoms with Crippen molar-refractivity contribution in [3.63, 3.8) is 0 Å². The largest absolute Gasteiger partial charge is 0.423 e. The van der Waals surface area contributed by atoms with Crippen molar-refractivity contribution in [3.05, 3.63) is 75.9 Å². The van der Waals surface area contributed by atoms with E-state index in [-0.39, 0.29) is 5.56 Å². The van der Waals surface area contributed by atoms with E-state index in [2.05, 4.69) is 0 Å². The lowest BCUT2D eigenvalue weighted by atomic mass is 10.1. The van der Waals surface area contributed by atoms with Crippen LogP contribution in [0.4, 0.5) is 4.39 Å². The Morgan fingerprint density at radius 2 is 1.82 bits per heavy atom. The SMILES string of the molecule is Cc1cc(=O)oc2ccc(OC(=O)c3ccc(F)cc3)cc12. The Kier molecular flexibility index (Phi) is 3.47. The quantitative estimate of drug-likeness (QED) is 0.413. The first kappa shape index (κ1) is 14.0. The van der Waals surface area contributed by atoms with Crippen molar-refractivity contribution in [1.29, 1.82) is 0 Å². The van der Waals surface area contributed by atoms with Gasteiger partial charge in [-0.05, 0) is 55.0 Å². The van der Waals surface area contributed by atoms with E-state index in [1.165, 1.54) is 36.4 Å². The van der Waals surface area contributed by atoms with Crippen LogP contribution in [0.25, 0.3) is 11.0 Å². The second-order valence-corrected chi connectivity index (χ2v) is 4.80. The normalized spacial score (nSPS) is 10.6. The van der Waals surface area contributed by atoms with E-state index in [1.807, 2.05) is 0 Å². The summed E-state index contributed by atoms with van der Waals surface area (Å²) >= 11 is 0. The van der Waals surface area contributed by atoms with Crippen LogP contribution in [0.2, 0.25) is 0 Å². The van der Waals surface area contributed by atoms with Crippen molar-refractivity contribution in [1.82, 2.24) is 0 Å². The summed E-state index contributed by atoms with van der Waals surface area (Å²) in [5, 5.41) is 0.684. The predicted molar refractivity (Wildman–Crippen MR) is 78.6 cm³/mol. The molecule has 1 aromatic heterocycles. The number of halogens is 1. The molecule has 3 rings (SSSR count). The number of aryl methyl sites for hydroxylation is 1. The molecule has 5 heteroatoms. The monoisotopic (exact) mass is 298 g/mol. The van der Waals surface area contributed by atoms with Crippen molar-refractivity contribution < 1.29 is 18.3 Å². The minimum Gasteiger partial charge on any atom is -0.423 e. The topological polar surface area (TPSA) is 56.5 Å². The first-order valence-electron chi connectivity index (χ1n) is 6.55. The maximum Gasteiger partial charge on any atom is 0.343 e. The van der Waals surface area contributed by atoms with Crippen molar-refractivity contribution >= 4 is 16.9 Å². The second-order valence-electron chi connectivity index (χ2n) is 4.80. The lowest BCUT2D eigenvalue weighted by Gasteiger charge is -2.06. The molecule has 0 atom stereocenters. The molecule has 3 aromatic rings. The highest BCUT2D eigenvalue weighted by Crippen LogP contribution is 2.23. The zero-order valence-corrected chi connectivity index (χ0v) is 11.6. The Labute approximate surface area is 124 Å². The van der Waals surface area contributed by atoms with Gasteiger partial charge in [-0.25, -0.2) is 14.0 Å². The lowest BCUT2D eigenvalue weighted by Crippen LogP contribution is -2.08. The van der Waals surface area contributed by atoms with Gasteiger partial charge >= 0.3 is 11.6 Å². The molecule has 2 aromatic carbocycles. The average Bonchev–Trinajstić information content (AvgIpc) is 2.48. The number of hydrogen-bond acceptors (Lipinski definition) is 4. The van der Waals surface area contributed by atoms with Crippen molar-refractivity contribution in [2.45, 2.75) is 6.92 Å². The van der Waals surface area contributed by atoms with Crippen LogP contribution >= 0.6 is 0 Å². The highest BCUT2D eigenvalue weighted by molar-refractivity contribution is 5.91. The summed E-state index contributed by atoms with van der Waals surface area (Å²) in [6.45, 7) is 1.77. The van der Waals surface area contributed by atoms with Crippen molar-refractivity contribution in [2.24, 2.45) is 0 Å². The van der Waals surface area contributed by atoms with E-state index < -0.39 is 17.4 Å². The number of carbonyl (C=O) groups excluding carboxylic acids is 1. The van der Waals surface area contributed by atoms with E-state index in [1.54, 1.807) is 19.1 Å². The fraction of sp³-hybridized carbons (Fsp3) is 0.0588. The smallest absolute Gasteiger partial charge is 0.343 e. The van der Waals surface area contributed by atoms with E-state index in [0.717, 1.165) is 5.56 Å². The van der Waals surface area contributed by atoms with E-state index in [0.29, 0.717) is 16.7 Å². The summed E-state index contributed by atoms with van der Waals surface area (Å²) < 4.78 is 23.2. The van der Waals surface area contributed by atoms with Gasteiger partial charge in [0, 0.05) is 11.5 Å². The Bertz CT molecular complexity index is 910. The van der Waals surface area contributed by atoms with Crippen LogP contribution in [-0.4, -0.2) is 5.97 Å². The number of fused-ring (bicyclic) bond motifs is 1. The number of ether oxygens (including phenoxy) is 1. The van der Waals surface area contributed by atoms with Crippen LogP contribution in [-0.2, 0) is 0 Å². The number of rotatable bonds is 2. The molecular formula is C17H11FO4. The molecule has 0 spiro atoms. The van der Waals surface area contributed by atoms with E-state index in [9.17, 15) is 14.0 Å². The van der Waals surface area contributed by atoms with Gasteiger partial charge in [0.05, 0.1) is 5.56 Å². The summed E-state index contributed by atoms with van der Waals surface area (Å²) in [5.74, 6) is -0.693. The number of esters is 1. The second kappa shape index (κ2) is 5.44. The van der Waals surface area contributed by atoms with E-state index >= 15 is 0 Å². The van der Waals surface area contributed by atoms with Gasteiger partial charge in [-0.15, -0.1) is 0 Å². The number of carbonyl (C=O) groups is 1. The molecule has 0 fully saturated rings. The first-order chi connectivity index (χ1) is 10.5. The van der Waals surface area contributed by atoms with Gasteiger partial charge < -0.3 is 9.15 Å². The Balaban J connectivity index is 1.92. The molecule has 0 saturated carbocycles. The van der Waals surface area contributed by atoms with Gasteiger partial charge in [0.2, 0.25) is 0 Å². The minimum absolute atomic E-state index is 0.248. The molecule has 0 N–H and O–H groups in total. The van der Waals surface area contributed by atoms with Gasteiger partial charge in [0.1, 0.15) is 17.1 Å². The molecule has 0 aliphatic carbocycles. The third-order valence-electron chi connectivity index (χ3n) is 3.21. The zero-order valence-electron chi connectivity index (χ0n) is 11.6. The van der Waals surface area contributed by atoms with Gasteiger partial charge in [-0.1, -0.05) is 0 Å². The molecule has 0 radical (unpaired) electrons. The van der Waals surface area contributed by atoms with Crippen LogP contribution < -0.4 is 10.4 Å². The lowest BCUT2D eigenvalue weighted by molar-refractivity contribution is 0.0735. The van der Waals surface area contributed by atoms with Crippen LogP contribution in [0, 0.1) is 12.7 Å². The van der Waals surface area contributed by atoms with Crippen LogP contribution in [0.3, 0.4) is 0 Å². The maximum absolute atomic E-state index is 12.8. The van der Waals surface area contributed by atoms with Gasteiger partial charge in [0.15, 0.2) is 0 Å². The summed E-state index contributed by atoms with van der Waals surface area (Å²) in [5.41, 5.74) is 0.969. The predicted octanol–water partition coefficient (Wildman–Crippen LogP) is 3.46. The van der Waals surface area contributed by atoms with Gasteiger partial charge in [-0.3, -0.25) is 0 Å². The average molecular weight is 298 g/mol. The Hall–Kier alpha value is -2.95. The fourth-order valence-electron chi connectivity index (χ4n) is 2.11. The fourth-order valence-corrected chi connectivity index (χ4v) is 2.11. The summed E-state index contributed by atoms with van der Waals surface area (Å²) in [6, 6.07) is 11.2. The van der Waals surface area contributed by atoms with Crippen molar-refractivity contribution in [2.75, 3.05) is 0 Å². The Morgan fingerprint density at radius 3 is 2.55 bits per heavy atom. The van der Waals surface area contributed by atoms with Gasteiger partial charge in [-0.2, -0.15) is 0 Å². The summed E-state index contributed by atoms with van der Waals surface area (Å²) in [6.07, 6.45) is 0. The highest BCUT2D eigenvalue weighted by Gasteiger charge is 2.10. The molecule has 1 heterocycles. The molecule has 0 amide bonds. The van der Waals surface area contributed by atoms with Crippen LogP contribution in [0.1, 0.15) is 15.9 Å². The molecule has 4 nitrogen and oxygen atoms in total. The molecule has 0 aliphatic heterocycles. The molecular weight excluding hydrogens is 287 g/mol. The third kappa shape index (κ3) is 2.74. The van der Waals surface area contributed by atoms with Crippen molar-refractivity contribution in [3.8, 4) is 5.75 Å². The summed E-state index contributed by atoms with van der Waals surface area (Å²) in [7, 11) is 0. The zero-order chi connectivity index (χ0) is 15.7. The number of hydrogen-bond donors (Lipinski definition) is 0. The van der Waals surface area contributed by atoms with Gasteiger partial charge in [0.25, 0.3) is 0 Å². The van der Waals surface area contributed by atoms with E-state index in [4.69, 9.17) is 9.15 Å². The standard InChI is InChI=1S/C17H11FO4/c1-10-8-16(19)22-15-7-6-13(9-14(10)15)21-17(20)11-2-4-12(18)5-3-11/h2-9H,1H3. The highest BCUT2D eigenvalue weighted by atomic mass is 19.1. The van der Waals surface area contributed by atoms with Crippen LogP contribution in [0.15, 0.2) is 57.7 Å². The first-order valence-corrected chi connectivity index (χ1v) is 6.55. The molecule has 0 saturated heterocycles. The maximum atomic E-state index is 12.8. The molecule has 0 aliphatic rings. The molecule has 22 heavy (non-hydrogen) atoms. The number of benzene rings is 2. The van der Waals surface area contributed by atoms with Crippen LogP contribution in [0.5, 0.6) is 5.75 Å². The summed E-state index contributed by atoms with van der Waals surface area (Å²) in [4.78, 5) is 23.3.